The highest BCUT2D eigenvalue weighted by molar-refractivity contribution is 9.10. The van der Waals surface area contributed by atoms with Crippen molar-refractivity contribution in [3.63, 3.8) is 0 Å². The largest absolute Gasteiger partial charge is 0.494 e. The van der Waals surface area contributed by atoms with E-state index in [4.69, 9.17) is 16.3 Å². The Morgan fingerprint density at radius 2 is 2.17 bits per heavy atom. The second-order valence-corrected chi connectivity index (χ2v) is 6.26. The molecule has 1 aromatic carbocycles. The van der Waals surface area contributed by atoms with Crippen molar-refractivity contribution in [1.29, 1.82) is 0 Å². The molecule has 0 aliphatic rings. The van der Waals surface area contributed by atoms with Crippen molar-refractivity contribution in [2.75, 3.05) is 6.61 Å². The molecule has 2 aromatic rings. The van der Waals surface area contributed by atoms with E-state index in [9.17, 15) is 5.11 Å². The Kier molecular flexibility index (Phi) is 4.67. The van der Waals surface area contributed by atoms with Crippen LogP contribution in [-0.2, 0) is 0 Å². The van der Waals surface area contributed by atoms with E-state index in [-0.39, 0.29) is 0 Å². The summed E-state index contributed by atoms with van der Waals surface area (Å²) in [5.41, 5.74) is 0.803. The molecule has 96 valence electrons. The monoisotopic (exact) mass is 346 g/mol. The van der Waals surface area contributed by atoms with E-state index in [1.54, 1.807) is 6.07 Å². The highest BCUT2D eigenvalue weighted by Gasteiger charge is 2.16. The van der Waals surface area contributed by atoms with Crippen LogP contribution in [0, 0.1) is 0 Å². The number of aliphatic hydroxyl groups excluding tert-OH is 1. The first-order valence-corrected chi connectivity index (χ1v) is 7.46. The van der Waals surface area contributed by atoms with Gasteiger partial charge in [0.25, 0.3) is 0 Å². The molecule has 0 radical (unpaired) electrons. The summed E-state index contributed by atoms with van der Waals surface area (Å²) in [4.78, 5) is 0.824. The van der Waals surface area contributed by atoms with Crippen LogP contribution >= 0.6 is 38.9 Å². The van der Waals surface area contributed by atoms with Gasteiger partial charge >= 0.3 is 0 Å². The molecule has 1 unspecified atom stereocenters. The van der Waals surface area contributed by atoms with Gasteiger partial charge in [0.05, 0.1) is 10.9 Å². The van der Waals surface area contributed by atoms with Crippen molar-refractivity contribution in [1.82, 2.24) is 0 Å². The molecule has 18 heavy (non-hydrogen) atoms. The molecule has 0 aliphatic heterocycles. The molecule has 2 nitrogen and oxygen atoms in total. The number of aliphatic hydroxyl groups is 1. The van der Waals surface area contributed by atoms with Crippen LogP contribution in [0.5, 0.6) is 5.75 Å². The number of hydrogen-bond acceptors (Lipinski definition) is 3. The Morgan fingerprint density at radius 3 is 2.72 bits per heavy atom. The van der Waals surface area contributed by atoms with Crippen LogP contribution in [-0.4, -0.2) is 11.7 Å². The lowest BCUT2D eigenvalue weighted by Crippen LogP contribution is -1.99. The minimum absolute atomic E-state index is 0.620. The maximum absolute atomic E-state index is 10.3. The second-order valence-electron chi connectivity index (χ2n) is 3.66. The summed E-state index contributed by atoms with van der Waals surface area (Å²) in [6.07, 6.45) is -0.674. The zero-order valence-corrected chi connectivity index (χ0v) is 12.8. The molecular weight excluding hydrogens is 336 g/mol. The van der Waals surface area contributed by atoms with Crippen molar-refractivity contribution < 1.29 is 9.84 Å². The van der Waals surface area contributed by atoms with Crippen molar-refractivity contribution in [2.45, 2.75) is 13.0 Å². The van der Waals surface area contributed by atoms with Gasteiger partial charge in [0.2, 0.25) is 0 Å². The number of thiophene rings is 1. The highest BCUT2D eigenvalue weighted by Crippen LogP contribution is 2.35. The summed E-state index contributed by atoms with van der Waals surface area (Å²) >= 11 is 10.7. The van der Waals surface area contributed by atoms with Crippen LogP contribution in [0.15, 0.2) is 34.8 Å². The van der Waals surface area contributed by atoms with E-state index in [0.29, 0.717) is 10.9 Å². The van der Waals surface area contributed by atoms with Crippen molar-refractivity contribution >= 4 is 38.9 Å². The third-order valence-corrected chi connectivity index (χ3v) is 4.41. The van der Waals surface area contributed by atoms with Gasteiger partial charge in [-0.05, 0) is 31.2 Å². The van der Waals surface area contributed by atoms with Gasteiger partial charge in [-0.1, -0.05) is 33.6 Å². The summed E-state index contributed by atoms with van der Waals surface area (Å²) < 4.78 is 6.90. The van der Waals surface area contributed by atoms with Crippen LogP contribution in [0.4, 0.5) is 0 Å². The molecule has 0 bridgehead atoms. The molecule has 0 saturated carbocycles. The Balaban J connectivity index is 2.28. The number of ether oxygens (including phenoxy) is 1. The predicted molar refractivity (Wildman–Crippen MR) is 78.7 cm³/mol. The lowest BCUT2D eigenvalue weighted by atomic mass is 10.1. The average Bonchev–Trinajstić information content (AvgIpc) is 2.76. The third kappa shape index (κ3) is 3.06. The standard InChI is InChI=1S/C13H12BrClO2S/c1-2-17-8-3-4-9(10(14)7-8)13(16)11-5-6-12(15)18-11/h3-7,13,16H,2H2,1H3. The first-order valence-electron chi connectivity index (χ1n) is 5.47. The Labute approximate surface area is 123 Å². The normalized spacial score (nSPS) is 12.4. The average molecular weight is 348 g/mol. The Bertz CT molecular complexity index is 542. The van der Waals surface area contributed by atoms with Gasteiger partial charge in [-0.25, -0.2) is 0 Å². The van der Waals surface area contributed by atoms with Crippen molar-refractivity contribution in [2.24, 2.45) is 0 Å². The van der Waals surface area contributed by atoms with E-state index in [0.717, 1.165) is 20.7 Å². The second kappa shape index (κ2) is 6.06. The molecule has 1 N–H and O–H groups in total. The molecule has 5 heteroatoms. The zero-order chi connectivity index (χ0) is 13.1. The van der Waals surface area contributed by atoms with Crippen LogP contribution in [0.2, 0.25) is 4.34 Å². The molecule has 1 heterocycles. The lowest BCUT2D eigenvalue weighted by Gasteiger charge is -2.12. The number of hydrogen-bond donors (Lipinski definition) is 1. The van der Waals surface area contributed by atoms with Gasteiger partial charge in [-0.2, -0.15) is 0 Å². The summed E-state index contributed by atoms with van der Waals surface area (Å²) in [7, 11) is 0. The van der Waals surface area contributed by atoms with E-state index in [1.165, 1.54) is 11.3 Å². The molecular formula is C13H12BrClO2S. The van der Waals surface area contributed by atoms with Crippen LogP contribution in [0.3, 0.4) is 0 Å². The molecule has 0 saturated heterocycles. The van der Waals surface area contributed by atoms with Gasteiger partial charge in [0.1, 0.15) is 11.9 Å². The van der Waals surface area contributed by atoms with Crippen LogP contribution in [0.25, 0.3) is 0 Å². The van der Waals surface area contributed by atoms with Gasteiger partial charge in [0, 0.05) is 14.9 Å². The Hall–Kier alpha value is -0.550. The number of halogens is 2. The molecule has 1 atom stereocenters. The van der Waals surface area contributed by atoms with E-state index in [2.05, 4.69) is 15.9 Å². The summed E-state index contributed by atoms with van der Waals surface area (Å²) in [6, 6.07) is 9.18. The summed E-state index contributed by atoms with van der Waals surface area (Å²) in [5, 5.41) is 10.3. The maximum Gasteiger partial charge on any atom is 0.120 e. The quantitative estimate of drug-likeness (QED) is 0.872. The fraction of sp³-hybridized carbons (Fsp3) is 0.231. The van der Waals surface area contributed by atoms with Crippen LogP contribution in [0.1, 0.15) is 23.5 Å². The molecule has 1 aromatic heterocycles. The van der Waals surface area contributed by atoms with Gasteiger partial charge in [-0.3, -0.25) is 0 Å². The third-order valence-electron chi connectivity index (χ3n) is 2.44. The summed E-state index contributed by atoms with van der Waals surface area (Å²) in [6.45, 7) is 2.55. The summed E-state index contributed by atoms with van der Waals surface area (Å²) in [5.74, 6) is 0.782. The fourth-order valence-corrected chi connectivity index (χ4v) is 3.26. The smallest absolute Gasteiger partial charge is 0.120 e. The van der Waals surface area contributed by atoms with Gasteiger partial charge < -0.3 is 9.84 Å². The zero-order valence-electron chi connectivity index (χ0n) is 9.69. The van der Waals surface area contributed by atoms with Crippen molar-refractivity contribution in [3.05, 3.63) is 49.6 Å². The lowest BCUT2D eigenvalue weighted by molar-refractivity contribution is 0.223. The van der Waals surface area contributed by atoms with E-state index in [1.807, 2.05) is 31.2 Å². The maximum atomic E-state index is 10.3. The predicted octanol–water partition coefficient (Wildman–Crippen LogP) is 4.64. The molecule has 0 fully saturated rings. The molecule has 0 spiro atoms. The molecule has 2 rings (SSSR count). The molecule has 0 amide bonds. The van der Waals surface area contributed by atoms with Crippen molar-refractivity contribution in [3.8, 4) is 5.75 Å². The first kappa shape index (κ1) is 13.9. The molecule has 0 aliphatic carbocycles. The number of benzene rings is 1. The first-order chi connectivity index (χ1) is 8.61. The number of rotatable bonds is 4. The highest BCUT2D eigenvalue weighted by atomic mass is 79.9. The van der Waals surface area contributed by atoms with E-state index >= 15 is 0 Å². The van der Waals surface area contributed by atoms with Gasteiger partial charge in [0.15, 0.2) is 0 Å². The van der Waals surface area contributed by atoms with Crippen LogP contribution < -0.4 is 4.74 Å². The minimum Gasteiger partial charge on any atom is -0.494 e. The van der Waals surface area contributed by atoms with Gasteiger partial charge in [-0.15, -0.1) is 11.3 Å². The topological polar surface area (TPSA) is 29.5 Å². The fourth-order valence-electron chi connectivity index (χ4n) is 1.61. The Morgan fingerprint density at radius 1 is 1.39 bits per heavy atom. The SMILES string of the molecule is CCOc1ccc(C(O)c2ccc(Cl)s2)c(Br)c1. The minimum atomic E-state index is -0.674. The van der Waals surface area contributed by atoms with E-state index < -0.39 is 6.10 Å².